The van der Waals surface area contributed by atoms with Gasteiger partial charge in [-0.15, -0.1) is 0 Å². The lowest BCUT2D eigenvalue weighted by molar-refractivity contribution is -0.118. The zero-order valence-electron chi connectivity index (χ0n) is 13.9. The van der Waals surface area contributed by atoms with E-state index in [1.165, 1.54) is 0 Å². The normalized spacial score (nSPS) is 14.0. The monoisotopic (exact) mass is 323 g/mol. The lowest BCUT2D eigenvalue weighted by Crippen LogP contribution is -2.30. The number of carbonyl (C=O) groups is 1. The van der Waals surface area contributed by atoms with E-state index in [0.29, 0.717) is 12.2 Å². The highest BCUT2D eigenvalue weighted by Crippen LogP contribution is 2.30. The van der Waals surface area contributed by atoms with Crippen molar-refractivity contribution in [2.45, 2.75) is 19.9 Å². The summed E-state index contributed by atoms with van der Waals surface area (Å²) in [6.45, 7) is 4.79. The first-order valence-electron chi connectivity index (χ1n) is 8.13. The van der Waals surface area contributed by atoms with Crippen molar-refractivity contribution in [2.75, 3.05) is 13.2 Å². The second-order valence-electron chi connectivity index (χ2n) is 5.70. The molecule has 2 aromatic rings. The van der Waals surface area contributed by atoms with Gasteiger partial charge in [0.15, 0.2) is 0 Å². The highest BCUT2D eigenvalue weighted by atomic mass is 16.5. The zero-order valence-corrected chi connectivity index (χ0v) is 13.9. The molecule has 1 amide bonds. The first-order chi connectivity index (χ1) is 11.7. The zero-order chi connectivity index (χ0) is 16.9. The molecule has 1 atom stereocenters. The molecule has 0 spiro atoms. The number of ether oxygens (including phenoxy) is 2. The van der Waals surface area contributed by atoms with Gasteiger partial charge in [-0.25, -0.2) is 0 Å². The molecule has 4 nitrogen and oxygen atoms in total. The molecule has 1 aliphatic rings. The molecule has 1 aliphatic heterocycles. The van der Waals surface area contributed by atoms with E-state index in [2.05, 4.69) is 5.32 Å². The van der Waals surface area contributed by atoms with Crippen LogP contribution in [0.25, 0.3) is 6.08 Å². The Labute approximate surface area is 142 Å². The first kappa shape index (κ1) is 16.1. The third-order valence-corrected chi connectivity index (χ3v) is 3.94. The van der Waals surface area contributed by atoms with Gasteiger partial charge in [0.05, 0.1) is 18.2 Å². The topological polar surface area (TPSA) is 47.6 Å². The molecule has 0 aromatic heterocycles. The van der Waals surface area contributed by atoms with Crippen LogP contribution < -0.4 is 14.8 Å². The van der Waals surface area contributed by atoms with Gasteiger partial charge in [-0.3, -0.25) is 4.79 Å². The van der Waals surface area contributed by atoms with Crippen LogP contribution in [-0.2, 0) is 4.79 Å². The minimum absolute atomic E-state index is 0.0595. The van der Waals surface area contributed by atoms with Crippen molar-refractivity contribution in [3.8, 4) is 11.5 Å². The molecule has 24 heavy (non-hydrogen) atoms. The lowest BCUT2D eigenvalue weighted by atomic mass is 10.0. The van der Waals surface area contributed by atoms with E-state index in [1.54, 1.807) is 0 Å². The highest BCUT2D eigenvalue weighted by molar-refractivity contribution is 5.99. The summed E-state index contributed by atoms with van der Waals surface area (Å²) in [6, 6.07) is 15.5. The minimum atomic E-state index is -0.112. The van der Waals surface area contributed by atoms with Gasteiger partial charge >= 0.3 is 0 Å². The number of hydrogen-bond donors (Lipinski definition) is 1. The maximum absolute atomic E-state index is 12.5. The summed E-state index contributed by atoms with van der Waals surface area (Å²) >= 11 is 0. The van der Waals surface area contributed by atoms with Crippen LogP contribution >= 0.6 is 0 Å². The Bertz CT molecular complexity index is 753. The summed E-state index contributed by atoms with van der Waals surface area (Å²) in [4.78, 5) is 12.5. The van der Waals surface area contributed by atoms with Gasteiger partial charge in [-0.05, 0) is 43.7 Å². The molecule has 0 saturated carbocycles. The van der Waals surface area contributed by atoms with Gasteiger partial charge in [0.1, 0.15) is 18.1 Å². The van der Waals surface area contributed by atoms with Crippen LogP contribution in [0.15, 0.2) is 54.1 Å². The Morgan fingerprint density at radius 3 is 2.79 bits per heavy atom. The molecular weight excluding hydrogens is 302 g/mol. The van der Waals surface area contributed by atoms with Gasteiger partial charge in [0.2, 0.25) is 0 Å². The highest BCUT2D eigenvalue weighted by Gasteiger charge is 2.19. The Morgan fingerprint density at radius 2 is 2.04 bits per heavy atom. The minimum Gasteiger partial charge on any atom is -0.494 e. The van der Waals surface area contributed by atoms with Crippen LogP contribution in [0.3, 0.4) is 0 Å². The van der Waals surface area contributed by atoms with E-state index >= 15 is 0 Å². The number of rotatable bonds is 5. The van der Waals surface area contributed by atoms with Crippen LogP contribution in [0.2, 0.25) is 0 Å². The predicted molar refractivity (Wildman–Crippen MR) is 94.1 cm³/mol. The second kappa shape index (κ2) is 7.21. The number of benzene rings is 2. The Kier molecular flexibility index (Phi) is 4.85. The summed E-state index contributed by atoms with van der Waals surface area (Å²) < 4.78 is 11.2. The third-order valence-electron chi connectivity index (χ3n) is 3.94. The Hall–Kier alpha value is -2.75. The molecule has 1 unspecified atom stereocenters. The molecule has 4 heteroatoms. The molecule has 0 bridgehead atoms. The van der Waals surface area contributed by atoms with Gasteiger partial charge in [-0.2, -0.15) is 0 Å². The van der Waals surface area contributed by atoms with Gasteiger partial charge in [0.25, 0.3) is 5.91 Å². The summed E-state index contributed by atoms with van der Waals surface area (Å²) in [6.07, 6.45) is 1.87. The quantitative estimate of drug-likeness (QED) is 0.912. The van der Waals surface area contributed by atoms with Crippen molar-refractivity contribution in [3.05, 3.63) is 65.2 Å². The van der Waals surface area contributed by atoms with Crippen LogP contribution in [-0.4, -0.2) is 19.1 Å². The predicted octanol–water partition coefficient (Wildman–Crippen LogP) is 3.74. The van der Waals surface area contributed by atoms with E-state index in [0.717, 1.165) is 22.6 Å². The molecule has 0 saturated heterocycles. The first-order valence-corrected chi connectivity index (χ1v) is 8.13. The average Bonchev–Trinajstić information content (AvgIpc) is 2.62. The van der Waals surface area contributed by atoms with E-state index in [4.69, 9.17) is 9.47 Å². The number of amides is 1. The van der Waals surface area contributed by atoms with E-state index in [-0.39, 0.29) is 18.6 Å². The number of nitrogens with one attached hydrogen (secondary N) is 1. The lowest BCUT2D eigenvalue weighted by Gasteiger charge is -2.20. The maximum Gasteiger partial charge on any atom is 0.251 e. The fourth-order valence-electron chi connectivity index (χ4n) is 2.66. The van der Waals surface area contributed by atoms with Crippen LogP contribution in [0.5, 0.6) is 11.5 Å². The van der Waals surface area contributed by atoms with Crippen molar-refractivity contribution < 1.29 is 14.3 Å². The molecule has 1 N–H and O–H groups in total. The SMILES string of the molecule is CCOc1ccc2c(c1)C=C(C(=O)NC(C)c1ccccc1)CO2. The summed E-state index contributed by atoms with van der Waals surface area (Å²) in [5.74, 6) is 1.43. The van der Waals surface area contributed by atoms with Crippen LogP contribution in [0.4, 0.5) is 0 Å². The molecule has 0 fully saturated rings. The Morgan fingerprint density at radius 1 is 1.25 bits per heavy atom. The molecule has 124 valence electrons. The Balaban J connectivity index is 1.75. The van der Waals surface area contributed by atoms with Gasteiger partial charge in [0, 0.05) is 5.56 Å². The number of hydrogen-bond acceptors (Lipinski definition) is 3. The van der Waals surface area contributed by atoms with Crippen molar-refractivity contribution in [1.29, 1.82) is 0 Å². The van der Waals surface area contributed by atoms with E-state index in [9.17, 15) is 4.79 Å². The van der Waals surface area contributed by atoms with Crippen molar-refractivity contribution in [1.82, 2.24) is 5.32 Å². The van der Waals surface area contributed by atoms with Crippen LogP contribution in [0, 0.1) is 0 Å². The van der Waals surface area contributed by atoms with E-state index < -0.39 is 0 Å². The smallest absolute Gasteiger partial charge is 0.251 e. The maximum atomic E-state index is 12.5. The molecule has 1 heterocycles. The van der Waals surface area contributed by atoms with Crippen molar-refractivity contribution >= 4 is 12.0 Å². The average molecular weight is 323 g/mol. The summed E-state index contributed by atoms with van der Waals surface area (Å²) in [7, 11) is 0. The van der Waals surface area contributed by atoms with E-state index in [1.807, 2.05) is 68.5 Å². The van der Waals surface area contributed by atoms with Gasteiger partial charge in [-0.1, -0.05) is 30.3 Å². The molecule has 0 radical (unpaired) electrons. The summed E-state index contributed by atoms with van der Waals surface area (Å²) in [5.41, 5.74) is 2.55. The second-order valence-corrected chi connectivity index (χ2v) is 5.70. The molecule has 0 aliphatic carbocycles. The largest absolute Gasteiger partial charge is 0.494 e. The van der Waals surface area contributed by atoms with Crippen LogP contribution in [0.1, 0.15) is 31.0 Å². The third kappa shape index (κ3) is 3.59. The van der Waals surface area contributed by atoms with Crippen molar-refractivity contribution in [3.63, 3.8) is 0 Å². The standard InChI is InChI=1S/C20H21NO3/c1-3-23-18-9-10-19-16(12-18)11-17(13-24-19)20(22)21-14(2)15-7-5-4-6-8-15/h4-12,14H,3,13H2,1-2H3,(H,21,22). The fourth-order valence-corrected chi connectivity index (χ4v) is 2.66. The molecule has 3 rings (SSSR count). The van der Waals surface area contributed by atoms with Crippen molar-refractivity contribution in [2.24, 2.45) is 0 Å². The number of fused-ring (bicyclic) bond motifs is 1. The molecular formula is C20H21NO3. The summed E-state index contributed by atoms with van der Waals surface area (Å²) in [5, 5.41) is 3.02. The fraction of sp³-hybridized carbons (Fsp3) is 0.250. The van der Waals surface area contributed by atoms with Gasteiger partial charge < -0.3 is 14.8 Å². The number of carbonyl (C=O) groups excluding carboxylic acids is 1. The molecule has 2 aromatic carbocycles.